The summed E-state index contributed by atoms with van der Waals surface area (Å²) in [6.45, 7) is 14.2. The van der Waals surface area contributed by atoms with Crippen LogP contribution in [0.4, 0.5) is 11.4 Å². The molecule has 16 nitrogen and oxygen atoms in total. The van der Waals surface area contributed by atoms with E-state index in [1.54, 1.807) is 35.6 Å². The van der Waals surface area contributed by atoms with E-state index in [4.69, 9.17) is 15.9 Å². The van der Waals surface area contributed by atoms with E-state index in [2.05, 4.69) is 35.7 Å². The normalized spacial score (nSPS) is 18.5. The van der Waals surface area contributed by atoms with Gasteiger partial charge in [-0.25, -0.2) is 9.97 Å². The molecule has 0 aliphatic carbocycles. The molecule has 2 aliphatic rings. The summed E-state index contributed by atoms with van der Waals surface area (Å²) in [6, 6.07) is 16.2. The van der Waals surface area contributed by atoms with Gasteiger partial charge in [0, 0.05) is 69.6 Å². The number of benzene rings is 2. The zero-order chi connectivity index (χ0) is 46.3. The maximum atomic E-state index is 14.3. The molecule has 0 bridgehead atoms. The molecule has 4 aromatic rings. The minimum atomic E-state index is -0.928. The Labute approximate surface area is 378 Å². The Hall–Kier alpha value is -6.17. The topological polar surface area (TPSA) is 219 Å². The number of allylic oxidation sites excluding steroid dienone is 1. The van der Waals surface area contributed by atoms with Gasteiger partial charge in [0.1, 0.15) is 23.5 Å². The van der Waals surface area contributed by atoms with Gasteiger partial charge in [0.15, 0.2) is 0 Å². The predicted octanol–water partition coefficient (Wildman–Crippen LogP) is 4.99. The number of ether oxygens (including phenoxy) is 1. The molecule has 2 fully saturated rings. The van der Waals surface area contributed by atoms with E-state index in [0.717, 1.165) is 33.6 Å². The van der Waals surface area contributed by atoms with Gasteiger partial charge in [-0.3, -0.25) is 24.1 Å². The van der Waals surface area contributed by atoms with Crippen LogP contribution in [0.2, 0.25) is 0 Å². The Kier molecular flexibility index (Phi) is 15.2. The van der Waals surface area contributed by atoms with Gasteiger partial charge in [-0.15, -0.1) is 11.3 Å². The van der Waals surface area contributed by atoms with Gasteiger partial charge in [0.25, 0.3) is 5.91 Å². The molecule has 0 unspecified atom stereocenters. The molecular weight excluding hydrogens is 833 g/mol. The number of nitrogens with two attached hydrogens (primary N) is 1. The predicted molar refractivity (Wildman–Crippen MR) is 250 cm³/mol. The van der Waals surface area contributed by atoms with Crippen LogP contribution in [0.15, 0.2) is 72.3 Å². The molecule has 4 amide bonds. The number of nitrogens with one attached hydrogen (secondary N) is 4. The number of likely N-dealkylation sites (tertiary alicyclic amines) is 1. The number of methoxy groups -OCH3 is 1. The Morgan fingerprint density at radius 3 is 2.36 bits per heavy atom. The lowest BCUT2D eigenvalue weighted by Gasteiger charge is -2.39. The summed E-state index contributed by atoms with van der Waals surface area (Å²) in [7, 11) is 1.54. The van der Waals surface area contributed by atoms with Crippen molar-refractivity contribution < 1.29 is 29.0 Å². The van der Waals surface area contributed by atoms with E-state index in [9.17, 15) is 24.3 Å². The molecule has 4 heterocycles. The molecule has 6 rings (SSSR count). The molecule has 2 aromatic carbocycles. The van der Waals surface area contributed by atoms with Crippen molar-refractivity contribution in [2.45, 2.75) is 84.7 Å². The highest BCUT2D eigenvalue weighted by Gasteiger charge is 2.45. The van der Waals surface area contributed by atoms with Crippen molar-refractivity contribution in [1.82, 2.24) is 30.4 Å². The van der Waals surface area contributed by atoms with E-state index in [1.165, 1.54) is 18.1 Å². The first-order chi connectivity index (χ1) is 30.5. The average molecular weight is 893 g/mol. The second-order valence-electron chi connectivity index (χ2n) is 17.5. The first-order valence-corrected chi connectivity index (χ1v) is 22.4. The summed E-state index contributed by atoms with van der Waals surface area (Å²) in [5.74, 6) is -0.989. The number of pyridine rings is 1. The van der Waals surface area contributed by atoms with Crippen LogP contribution in [-0.2, 0) is 14.4 Å². The van der Waals surface area contributed by atoms with Crippen molar-refractivity contribution in [1.29, 1.82) is 5.41 Å². The maximum Gasteiger partial charge on any atom is 0.274 e. The fourth-order valence-electron chi connectivity index (χ4n) is 8.12. The molecule has 0 radical (unpaired) electrons. The highest BCUT2D eigenvalue weighted by molar-refractivity contribution is 7.13. The molecule has 2 aromatic heterocycles. The first-order valence-electron chi connectivity index (χ1n) is 21.5. The molecular formula is C47H60N10O6S. The summed E-state index contributed by atoms with van der Waals surface area (Å²) < 4.78 is 5.65. The number of hydrogen-bond donors (Lipinski definition) is 6. The number of aliphatic hydroxyl groups is 1. The average Bonchev–Trinajstić information content (AvgIpc) is 3.90. The van der Waals surface area contributed by atoms with Crippen molar-refractivity contribution in [3.63, 3.8) is 0 Å². The van der Waals surface area contributed by atoms with Gasteiger partial charge >= 0.3 is 0 Å². The fourth-order valence-corrected chi connectivity index (χ4v) is 8.93. The molecule has 2 saturated heterocycles. The number of nitrogens with zero attached hydrogens (tertiary/aromatic N) is 5. The summed E-state index contributed by atoms with van der Waals surface area (Å²) in [5, 5.41) is 26.9. The molecule has 64 heavy (non-hydrogen) atoms. The number of β-amino-alcohol motifs (C(OH)–C–C–N with tert-alkyl or cyclic N) is 1. The number of anilines is 2. The number of carbonyl (C=O) groups is 4. The van der Waals surface area contributed by atoms with E-state index in [-0.39, 0.29) is 54.7 Å². The molecule has 340 valence electrons. The number of amides is 4. The number of aliphatic hydroxyl groups excluding tert-OH is 1. The smallest absolute Gasteiger partial charge is 0.274 e. The zero-order valence-electron chi connectivity index (χ0n) is 37.6. The van der Waals surface area contributed by atoms with E-state index in [0.29, 0.717) is 43.3 Å². The highest BCUT2D eigenvalue weighted by atomic mass is 32.1. The third-order valence-corrected chi connectivity index (χ3v) is 12.8. The summed E-state index contributed by atoms with van der Waals surface area (Å²) in [4.78, 5) is 70.5. The van der Waals surface area contributed by atoms with E-state index < -0.39 is 35.4 Å². The molecule has 2 aliphatic heterocycles. The second kappa shape index (κ2) is 20.6. The highest BCUT2D eigenvalue weighted by Crippen LogP contribution is 2.32. The monoisotopic (exact) mass is 892 g/mol. The van der Waals surface area contributed by atoms with Crippen molar-refractivity contribution >= 4 is 58.3 Å². The van der Waals surface area contributed by atoms with Gasteiger partial charge in [-0.1, -0.05) is 51.1 Å². The van der Waals surface area contributed by atoms with Gasteiger partial charge in [-0.05, 0) is 67.7 Å². The van der Waals surface area contributed by atoms with Crippen LogP contribution in [0.5, 0.6) is 5.75 Å². The third kappa shape index (κ3) is 11.3. The third-order valence-electron chi connectivity index (χ3n) is 11.8. The lowest BCUT2D eigenvalue weighted by atomic mass is 9.85. The number of carbonyl (C=O) groups excluding carboxylic acids is 4. The zero-order valence-corrected chi connectivity index (χ0v) is 38.4. The lowest BCUT2D eigenvalue weighted by Crippen LogP contribution is -2.58. The van der Waals surface area contributed by atoms with Crippen molar-refractivity contribution in [3.05, 3.63) is 94.9 Å². The van der Waals surface area contributed by atoms with Crippen LogP contribution in [-0.4, -0.2) is 119 Å². The number of hydrogen-bond acceptors (Lipinski definition) is 13. The first kappa shape index (κ1) is 47.3. The maximum absolute atomic E-state index is 14.3. The summed E-state index contributed by atoms with van der Waals surface area (Å²) >= 11 is 1.58. The molecule has 0 saturated carbocycles. The number of aryl methyl sites for hydroxylation is 1. The number of aromatic nitrogens is 2. The van der Waals surface area contributed by atoms with Crippen LogP contribution in [0.3, 0.4) is 0 Å². The van der Waals surface area contributed by atoms with E-state index >= 15 is 0 Å². The number of rotatable bonds is 15. The van der Waals surface area contributed by atoms with E-state index in [1.807, 2.05) is 83.5 Å². The van der Waals surface area contributed by atoms with Gasteiger partial charge < -0.3 is 46.7 Å². The van der Waals surface area contributed by atoms with Crippen molar-refractivity contribution in [2.75, 3.05) is 50.1 Å². The summed E-state index contributed by atoms with van der Waals surface area (Å²) in [6.07, 6.45) is 1.84. The Morgan fingerprint density at radius 2 is 1.72 bits per heavy atom. The van der Waals surface area contributed by atoms with Crippen LogP contribution in [0.1, 0.15) is 80.9 Å². The van der Waals surface area contributed by atoms with Gasteiger partial charge in [0.2, 0.25) is 17.7 Å². The van der Waals surface area contributed by atoms with Crippen molar-refractivity contribution in [3.8, 4) is 16.2 Å². The lowest BCUT2D eigenvalue weighted by molar-refractivity contribution is -0.144. The minimum Gasteiger partial charge on any atom is -0.494 e. The van der Waals surface area contributed by atoms with Crippen LogP contribution < -0.4 is 31.3 Å². The SMILES string of the molecule is COc1cc(N2CCN([C@H](C)CC(=O)N[C@H](C(=O)N3C[C@H](O)C[C@H]3C(=O)N[C@@H](C)c3ccc(-c4scnc4C)cc3)C(C)(C)C)CC2)ccc1NC(=O)c1cccc(C(N)=CC=N)n1. The Bertz CT molecular complexity index is 2350. The molecule has 0 spiro atoms. The Balaban J connectivity index is 1.02. The second-order valence-corrected chi connectivity index (χ2v) is 18.3. The summed E-state index contributed by atoms with van der Waals surface area (Å²) in [5.41, 5.74) is 12.2. The van der Waals surface area contributed by atoms with Crippen LogP contribution in [0, 0.1) is 17.7 Å². The van der Waals surface area contributed by atoms with Crippen LogP contribution >= 0.6 is 11.3 Å². The molecule has 17 heteroatoms. The van der Waals surface area contributed by atoms with Gasteiger partial charge in [-0.2, -0.15) is 0 Å². The molecule has 7 N–H and O–H groups in total. The quantitative estimate of drug-likeness (QED) is 0.0874. The molecule has 5 atom stereocenters. The standard InChI is InChI=1S/C47H60N10O6S/c1-28(55-19-21-56(22-20-55)33-15-16-37(40(24-33)63-7)53-44(60)38-10-8-9-36(52-38)35(49)17-18-48)23-41(59)54-43(47(4,5)6)46(62)57-26-34(58)25-39(57)45(61)51-29(2)31-11-13-32(14-12-31)42-30(3)50-27-64-42/h8-18,24,27-29,34,39,43,48,58H,19-23,25-26,49H2,1-7H3,(H,51,61)(H,53,60)(H,54,59)/t28-,29+,34-,39+,43-/m1/s1. The van der Waals surface area contributed by atoms with Crippen molar-refractivity contribution in [2.24, 2.45) is 11.1 Å². The largest absolute Gasteiger partial charge is 0.494 e. The number of piperazine rings is 1. The fraction of sp³-hybridized carbons (Fsp3) is 0.426. The Morgan fingerprint density at radius 1 is 1.02 bits per heavy atom. The number of thiazole rings is 1. The minimum absolute atomic E-state index is 0.00604. The van der Waals surface area contributed by atoms with Crippen LogP contribution in [0.25, 0.3) is 16.1 Å². The van der Waals surface area contributed by atoms with Gasteiger partial charge in [0.05, 0.1) is 52.4 Å².